The lowest BCUT2D eigenvalue weighted by molar-refractivity contribution is 0.0732. The van der Waals surface area contributed by atoms with Gasteiger partial charge in [0.1, 0.15) is 0 Å². The largest absolute Gasteiger partial charge is 0.336 e. The number of halogens is 1. The van der Waals surface area contributed by atoms with E-state index in [1.54, 1.807) is 18.2 Å². The number of hydrogen-bond donors (Lipinski definition) is 2. The van der Waals surface area contributed by atoms with Crippen LogP contribution in [0.4, 0.5) is 0 Å². The normalized spacial score (nSPS) is 16.2. The molecule has 1 heterocycles. The highest BCUT2D eigenvalue weighted by atomic mass is 35.5. The number of rotatable bonds is 1. The number of thiol groups is 1. The molecule has 1 saturated heterocycles. The Bertz CT molecular complexity index is 405. The van der Waals surface area contributed by atoms with Gasteiger partial charge in [-0.15, -0.1) is 12.6 Å². The van der Waals surface area contributed by atoms with E-state index in [1.165, 1.54) is 0 Å². The lowest BCUT2D eigenvalue weighted by atomic mass is 10.2. The number of nitrogens with zero attached hydrogens (tertiary/aromatic N) is 1. The van der Waals surface area contributed by atoms with Crippen LogP contribution in [0.25, 0.3) is 0 Å². The molecule has 1 aliphatic heterocycles. The van der Waals surface area contributed by atoms with Crippen molar-refractivity contribution in [3.8, 4) is 0 Å². The number of piperazine rings is 1. The Kier molecular flexibility index (Phi) is 3.74. The molecule has 16 heavy (non-hydrogen) atoms. The maximum atomic E-state index is 12.1. The van der Waals surface area contributed by atoms with E-state index in [0.717, 1.165) is 26.2 Å². The van der Waals surface area contributed by atoms with Gasteiger partial charge < -0.3 is 10.2 Å². The van der Waals surface area contributed by atoms with E-state index >= 15 is 0 Å². The smallest absolute Gasteiger partial charge is 0.255 e. The Labute approximate surface area is 105 Å². The predicted molar refractivity (Wildman–Crippen MR) is 67.5 cm³/mol. The zero-order chi connectivity index (χ0) is 11.5. The van der Waals surface area contributed by atoms with Gasteiger partial charge in [-0.2, -0.15) is 0 Å². The molecule has 1 N–H and O–H groups in total. The highest BCUT2D eigenvalue weighted by Crippen LogP contribution is 2.20. The molecule has 0 atom stereocenters. The van der Waals surface area contributed by atoms with Crippen LogP contribution in [0.5, 0.6) is 0 Å². The Morgan fingerprint density at radius 2 is 2.06 bits per heavy atom. The summed E-state index contributed by atoms with van der Waals surface area (Å²) in [6, 6.07) is 5.14. The first-order valence-electron chi connectivity index (χ1n) is 5.17. The summed E-state index contributed by atoms with van der Waals surface area (Å²) in [5.41, 5.74) is 0.620. The minimum atomic E-state index is 0.0307. The molecule has 0 radical (unpaired) electrons. The van der Waals surface area contributed by atoms with E-state index in [0.29, 0.717) is 15.5 Å². The molecule has 0 bridgehead atoms. The highest BCUT2D eigenvalue weighted by Gasteiger charge is 2.19. The van der Waals surface area contributed by atoms with E-state index in [-0.39, 0.29) is 5.91 Å². The first-order chi connectivity index (χ1) is 7.68. The zero-order valence-electron chi connectivity index (χ0n) is 8.74. The second kappa shape index (κ2) is 5.08. The average Bonchev–Trinajstić information content (AvgIpc) is 2.29. The lowest BCUT2D eigenvalue weighted by Gasteiger charge is -2.27. The molecule has 3 nitrogen and oxygen atoms in total. The average molecular weight is 257 g/mol. The molecule has 0 aromatic heterocycles. The van der Waals surface area contributed by atoms with Crippen molar-refractivity contribution in [3.63, 3.8) is 0 Å². The van der Waals surface area contributed by atoms with Gasteiger partial charge in [0, 0.05) is 36.1 Å². The molecule has 5 heteroatoms. The molecule has 2 rings (SSSR count). The molecule has 0 saturated carbocycles. The minimum Gasteiger partial charge on any atom is -0.336 e. The van der Waals surface area contributed by atoms with Crippen molar-refractivity contribution in [2.24, 2.45) is 0 Å². The summed E-state index contributed by atoms with van der Waals surface area (Å²) in [5, 5.41) is 3.81. The zero-order valence-corrected chi connectivity index (χ0v) is 10.4. The van der Waals surface area contributed by atoms with Crippen molar-refractivity contribution in [2.45, 2.75) is 4.90 Å². The van der Waals surface area contributed by atoms with Crippen LogP contribution in [-0.2, 0) is 0 Å². The van der Waals surface area contributed by atoms with Crippen LogP contribution >= 0.6 is 24.2 Å². The molecule has 1 aliphatic rings. The van der Waals surface area contributed by atoms with E-state index in [2.05, 4.69) is 17.9 Å². The fourth-order valence-electron chi connectivity index (χ4n) is 1.72. The maximum absolute atomic E-state index is 12.1. The van der Waals surface area contributed by atoms with Crippen LogP contribution < -0.4 is 5.32 Å². The molecule has 0 aliphatic carbocycles. The summed E-state index contributed by atoms with van der Waals surface area (Å²) in [5.74, 6) is 0.0307. The van der Waals surface area contributed by atoms with Gasteiger partial charge in [0.15, 0.2) is 0 Å². The van der Waals surface area contributed by atoms with Gasteiger partial charge in [0.05, 0.1) is 5.56 Å². The van der Waals surface area contributed by atoms with Crippen LogP contribution in [-0.4, -0.2) is 37.0 Å². The van der Waals surface area contributed by atoms with Crippen LogP contribution in [0.2, 0.25) is 5.02 Å². The van der Waals surface area contributed by atoms with Crippen molar-refractivity contribution < 1.29 is 4.79 Å². The van der Waals surface area contributed by atoms with Gasteiger partial charge >= 0.3 is 0 Å². The molecule has 1 aromatic rings. The SMILES string of the molecule is O=C(c1ccc(Cl)cc1S)N1CCNCC1. The van der Waals surface area contributed by atoms with Crippen LogP contribution in [0.1, 0.15) is 10.4 Å². The Morgan fingerprint density at radius 1 is 1.38 bits per heavy atom. The molecule has 86 valence electrons. The van der Waals surface area contributed by atoms with Crippen LogP contribution in [0.3, 0.4) is 0 Å². The van der Waals surface area contributed by atoms with Crippen LogP contribution in [0, 0.1) is 0 Å². The van der Waals surface area contributed by atoms with E-state index < -0.39 is 0 Å². The molecule has 1 amide bonds. The maximum Gasteiger partial charge on any atom is 0.255 e. The molecular formula is C11H13ClN2OS. The van der Waals surface area contributed by atoms with Crippen molar-refractivity contribution in [2.75, 3.05) is 26.2 Å². The van der Waals surface area contributed by atoms with Gasteiger partial charge in [-0.1, -0.05) is 11.6 Å². The Hall–Kier alpha value is -0.710. The summed E-state index contributed by atoms with van der Waals surface area (Å²) in [4.78, 5) is 14.6. The van der Waals surface area contributed by atoms with E-state index in [9.17, 15) is 4.79 Å². The van der Waals surface area contributed by atoms with Gasteiger partial charge in [-0.3, -0.25) is 4.79 Å². The molecule has 1 aromatic carbocycles. The monoisotopic (exact) mass is 256 g/mol. The van der Waals surface area contributed by atoms with Gasteiger partial charge in [0.2, 0.25) is 0 Å². The molecule has 0 spiro atoms. The highest BCUT2D eigenvalue weighted by molar-refractivity contribution is 7.80. The van der Waals surface area contributed by atoms with Crippen molar-refractivity contribution in [1.82, 2.24) is 10.2 Å². The van der Waals surface area contributed by atoms with Gasteiger partial charge in [0.25, 0.3) is 5.91 Å². The second-order valence-corrected chi connectivity index (χ2v) is 4.62. The van der Waals surface area contributed by atoms with Gasteiger partial charge in [-0.05, 0) is 18.2 Å². The Balaban J connectivity index is 2.19. The van der Waals surface area contributed by atoms with Crippen molar-refractivity contribution in [3.05, 3.63) is 28.8 Å². The molecule has 0 unspecified atom stereocenters. The third kappa shape index (κ3) is 2.51. The number of nitrogens with one attached hydrogen (secondary N) is 1. The van der Waals surface area contributed by atoms with E-state index in [4.69, 9.17) is 11.6 Å². The standard InChI is InChI=1S/C11H13ClN2OS/c12-8-1-2-9(10(16)7-8)11(15)14-5-3-13-4-6-14/h1-2,7,13,16H,3-6H2. The van der Waals surface area contributed by atoms with Crippen molar-refractivity contribution in [1.29, 1.82) is 0 Å². The molecular weight excluding hydrogens is 244 g/mol. The first-order valence-corrected chi connectivity index (χ1v) is 5.99. The minimum absolute atomic E-state index is 0.0307. The second-order valence-electron chi connectivity index (χ2n) is 3.70. The first kappa shape index (κ1) is 11.8. The van der Waals surface area contributed by atoms with Crippen LogP contribution in [0.15, 0.2) is 23.1 Å². The Morgan fingerprint density at radius 3 is 2.69 bits per heavy atom. The fraction of sp³-hybridized carbons (Fsp3) is 0.364. The van der Waals surface area contributed by atoms with E-state index in [1.807, 2.05) is 4.90 Å². The number of benzene rings is 1. The summed E-state index contributed by atoms with van der Waals surface area (Å²) in [6.07, 6.45) is 0. The quantitative estimate of drug-likeness (QED) is 0.750. The summed E-state index contributed by atoms with van der Waals surface area (Å²) in [7, 11) is 0. The van der Waals surface area contributed by atoms with Crippen molar-refractivity contribution >= 4 is 30.1 Å². The number of carbonyl (C=O) groups is 1. The predicted octanol–water partition coefficient (Wildman–Crippen LogP) is 1.67. The number of amides is 1. The molecule has 1 fully saturated rings. The van der Waals surface area contributed by atoms with Gasteiger partial charge in [-0.25, -0.2) is 0 Å². The third-order valence-electron chi connectivity index (χ3n) is 2.59. The summed E-state index contributed by atoms with van der Waals surface area (Å²) in [6.45, 7) is 3.19. The summed E-state index contributed by atoms with van der Waals surface area (Å²) >= 11 is 10.1. The summed E-state index contributed by atoms with van der Waals surface area (Å²) < 4.78 is 0. The number of carbonyl (C=O) groups excluding carboxylic acids is 1. The number of hydrogen-bond acceptors (Lipinski definition) is 3. The fourth-order valence-corrected chi connectivity index (χ4v) is 2.28. The third-order valence-corrected chi connectivity index (χ3v) is 3.20. The lowest BCUT2D eigenvalue weighted by Crippen LogP contribution is -2.46. The topological polar surface area (TPSA) is 32.3 Å².